The van der Waals surface area contributed by atoms with Crippen LogP contribution in [-0.4, -0.2) is 32.0 Å². The van der Waals surface area contributed by atoms with Crippen LogP contribution in [0.3, 0.4) is 0 Å². The van der Waals surface area contributed by atoms with Crippen molar-refractivity contribution in [3.05, 3.63) is 66.3 Å². The molecule has 0 spiro atoms. The first-order valence-corrected chi connectivity index (χ1v) is 10.4. The lowest BCUT2D eigenvalue weighted by Crippen LogP contribution is -2.01. The molecule has 1 saturated carbocycles. The Bertz CT molecular complexity index is 1120. The Kier molecular flexibility index (Phi) is 4.77. The normalized spacial score (nSPS) is 13.6. The van der Waals surface area contributed by atoms with E-state index in [1.807, 2.05) is 59.3 Å². The number of hydrogen-bond donors (Lipinski definition) is 0. The summed E-state index contributed by atoms with van der Waals surface area (Å²) in [7, 11) is 1.63. The Morgan fingerprint density at radius 1 is 1.07 bits per heavy atom. The van der Waals surface area contributed by atoms with Crippen molar-refractivity contribution in [3.8, 4) is 22.8 Å². The number of rotatable bonds is 7. The maximum Gasteiger partial charge on any atom is 0.237 e. The smallest absolute Gasteiger partial charge is 0.237 e. The minimum absolute atomic E-state index is 0.498. The Labute approximate surface area is 172 Å². The largest absolute Gasteiger partial charge is 0.496 e. The van der Waals surface area contributed by atoms with Gasteiger partial charge in [0.1, 0.15) is 11.6 Å². The summed E-state index contributed by atoms with van der Waals surface area (Å²) >= 11 is 1.50. The highest BCUT2D eigenvalue weighted by Gasteiger charge is 2.30. The molecule has 0 unspecified atom stereocenters. The molecule has 7 nitrogen and oxygen atoms in total. The van der Waals surface area contributed by atoms with E-state index < -0.39 is 0 Å². The van der Waals surface area contributed by atoms with Crippen LogP contribution in [0.25, 0.3) is 17.1 Å². The van der Waals surface area contributed by atoms with Crippen LogP contribution in [0.15, 0.2) is 64.3 Å². The van der Waals surface area contributed by atoms with E-state index in [4.69, 9.17) is 19.3 Å². The molecule has 146 valence electrons. The zero-order valence-corrected chi connectivity index (χ0v) is 16.7. The van der Waals surface area contributed by atoms with Gasteiger partial charge in [0.05, 0.1) is 24.1 Å². The molecule has 0 bridgehead atoms. The summed E-state index contributed by atoms with van der Waals surface area (Å²) in [4.78, 5) is 9.26. The van der Waals surface area contributed by atoms with Crippen LogP contribution in [0.2, 0.25) is 0 Å². The van der Waals surface area contributed by atoms with Gasteiger partial charge in [-0.15, -0.1) is 5.10 Å². The summed E-state index contributed by atoms with van der Waals surface area (Å²) in [5.74, 6) is 3.78. The Hall–Kier alpha value is -3.13. The van der Waals surface area contributed by atoms with Crippen molar-refractivity contribution in [2.45, 2.75) is 29.7 Å². The lowest BCUT2D eigenvalue weighted by Gasteiger charge is -2.03. The molecule has 4 aromatic rings. The Morgan fingerprint density at radius 2 is 1.86 bits per heavy atom. The molecule has 0 amide bonds. The van der Waals surface area contributed by atoms with Crippen molar-refractivity contribution in [1.82, 2.24) is 24.9 Å². The lowest BCUT2D eigenvalue weighted by molar-refractivity contribution is 0.390. The van der Waals surface area contributed by atoms with E-state index in [1.54, 1.807) is 7.11 Å². The van der Waals surface area contributed by atoms with Crippen LogP contribution in [0.5, 0.6) is 5.75 Å². The molecule has 2 aromatic carbocycles. The fraction of sp³-hybridized carbons (Fsp3) is 0.238. The number of hydrogen-bond acceptors (Lipinski definition) is 7. The monoisotopic (exact) mass is 405 g/mol. The maximum atomic E-state index is 5.42. The highest BCUT2D eigenvalue weighted by molar-refractivity contribution is 7.98. The Morgan fingerprint density at radius 3 is 2.66 bits per heavy atom. The first kappa shape index (κ1) is 17.9. The summed E-state index contributed by atoms with van der Waals surface area (Å²) in [6, 6.07) is 17.7. The van der Waals surface area contributed by atoms with Crippen molar-refractivity contribution in [2.75, 3.05) is 7.11 Å². The second kappa shape index (κ2) is 7.71. The molecule has 1 aliphatic rings. The van der Waals surface area contributed by atoms with Crippen LogP contribution in [0, 0.1) is 0 Å². The van der Waals surface area contributed by atoms with Gasteiger partial charge in [-0.3, -0.25) is 0 Å². The molecule has 2 aromatic heterocycles. The summed E-state index contributed by atoms with van der Waals surface area (Å²) in [5, 5.41) is 9.51. The van der Waals surface area contributed by atoms with Gasteiger partial charge in [0.25, 0.3) is 0 Å². The fourth-order valence-corrected chi connectivity index (χ4v) is 3.78. The highest BCUT2D eigenvalue weighted by Crippen LogP contribution is 2.40. The standard InChI is InChI=1S/C21H19N5O2S/c1-27-17-10-6-5-9-16(17)19-22-18(28-25-19)13-29-21-23-20(14-11-12-14)26(24-21)15-7-3-2-4-8-15/h2-10,14H,11-13H2,1H3. The van der Waals surface area contributed by atoms with Crippen molar-refractivity contribution >= 4 is 11.8 Å². The van der Waals surface area contributed by atoms with E-state index in [0.29, 0.717) is 34.3 Å². The molecule has 5 rings (SSSR count). The predicted molar refractivity (Wildman–Crippen MR) is 109 cm³/mol. The second-order valence-electron chi connectivity index (χ2n) is 6.77. The van der Waals surface area contributed by atoms with E-state index >= 15 is 0 Å². The third kappa shape index (κ3) is 3.75. The summed E-state index contributed by atoms with van der Waals surface area (Å²) in [6.07, 6.45) is 2.34. The third-order valence-corrected chi connectivity index (χ3v) is 5.52. The van der Waals surface area contributed by atoms with Crippen LogP contribution in [0.1, 0.15) is 30.5 Å². The number of ether oxygens (including phenoxy) is 1. The minimum Gasteiger partial charge on any atom is -0.496 e. The van der Waals surface area contributed by atoms with Gasteiger partial charge in [-0.25, -0.2) is 9.67 Å². The first-order valence-electron chi connectivity index (χ1n) is 9.43. The van der Waals surface area contributed by atoms with E-state index in [-0.39, 0.29) is 0 Å². The predicted octanol–water partition coefficient (Wildman–Crippen LogP) is 4.50. The molecule has 0 N–H and O–H groups in total. The van der Waals surface area contributed by atoms with E-state index in [0.717, 1.165) is 17.1 Å². The van der Waals surface area contributed by atoms with E-state index in [2.05, 4.69) is 10.1 Å². The zero-order valence-electron chi connectivity index (χ0n) is 15.9. The average molecular weight is 405 g/mol. The van der Waals surface area contributed by atoms with Crippen molar-refractivity contribution < 1.29 is 9.26 Å². The van der Waals surface area contributed by atoms with Crippen LogP contribution < -0.4 is 4.74 Å². The van der Waals surface area contributed by atoms with Gasteiger partial charge in [-0.1, -0.05) is 47.3 Å². The molecule has 0 saturated heterocycles. The highest BCUT2D eigenvalue weighted by atomic mass is 32.2. The summed E-state index contributed by atoms with van der Waals surface area (Å²) < 4.78 is 12.7. The van der Waals surface area contributed by atoms with E-state index in [9.17, 15) is 0 Å². The topological polar surface area (TPSA) is 78.9 Å². The lowest BCUT2D eigenvalue weighted by atomic mass is 10.2. The van der Waals surface area contributed by atoms with Gasteiger partial charge < -0.3 is 9.26 Å². The fourth-order valence-electron chi connectivity index (χ4n) is 3.11. The molecular weight excluding hydrogens is 386 g/mol. The zero-order chi connectivity index (χ0) is 19.6. The number of benzene rings is 2. The van der Waals surface area contributed by atoms with Gasteiger partial charge >= 0.3 is 0 Å². The van der Waals surface area contributed by atoms with Crippen LogP contribution in [0.4, 0.5) is 0 Å². The average Bonchev–Trinajstić information content (AvgIpc) is 3.35. The van der Waals surface area contributed by atoms with Crippen LogP contribution in [-0.2, 0) is 5.75 Å². The van der Waals surface area contributed by atoms with Crippen molar-refractivity contribution in [3.63, 3.8) is 0 Å². The molecule has 8 heteroatoms. The first-order chi connectivity index (χ1) is 14.3. The summed E-state index contributed by atoms with van der Waals surface area (Å²) in [6.45, 7) is 0. The molecule has 0 aliphatic heterocycles. The number of para-hydroxylation sites is 2. The number of thioether (sulfide) groups is 1. The second-order valence-corrected chi connectivity index (χ2v) is 7.72. The SMILES string of the molecule is COc1ccccc1-c1noc(CSc2nc(C3CC3)n(-c3ccccc3)n2)n1. The van der Waals surface area contributed by atoms with Crippen molar-refractivity contribution in [1.29, 1.82) is 0 Å². The molecule has 0 radical (unpaired) electrons. The van der Waals surface area contributed by atoms with E-state index in [1.165, 1.54) is 24.6 Å². The number of aromatic nitrogens is 5. The minimum atomic E-state index is 0.498. The van der Waals surface area contributed by atoms with Gasteiger partial charge in [-0.2, -0.15) is 4.98 Å². The molecule has 1 aliphatic carbocycles. The van der Waals surface area contributed by atoms with Gasteiger partial charge in [0, 0.05) is 5.92 Å². The maximum absolute atomic E-state index is 5.42. The molecule has 1 fully saturated rings. The molecular formula is C21H19N5O2S. The number of nitrogens with zero attached hydrogens (tertiary/aromatic N) is 5. The summed E-state index contributed by atoms with van der Waals surface area (Å²) in [5.41, 5.74) is 1.84. The van der Waals surface area contributed by atoms with Gasteiger partial charge in [0.15, 0.2) is 0 Å². The molecule has 2 heterocycles. The quantitative estimate of drug-likeness (QED) is 0.419. The van der Waals surface area contributed by atoms with Crippen molar-refractivity contribution in [2.24, 2.45) is 0 Å². The molecule has 29 heavy (non-hydrogen) atoms. The van der Waals surface area contributed by atoms with Gasteiger partial charge in [0.2, 0.25) is 16.9 Å². The number of methoxy groups -OCH3 is 1. The third-order valence-electron chi connectivity index (χ3n) is 4.70. The van der Waals surface area contributed by atoms with Gasteiger partial charge in [-0.05, 0) is 37.1 Å². The van der Waals surface area contributed by atoms with Crippen LogP contribution >= 0.6 is 11.8 Å². The molecule has 0 atom stereocenters. The Balaban J connectivity index is 1.34.